The van der Waals surface area contributed by atoms with E-state index >= 15 is 0 Å². The molecular formula is C14H23N3O3. The number of aromatic nitrogens is 2. The quantitative estimate of drug-likeness (QED) is 0.890. The molecule has 0 saturated carbocycles. The third kappa shape index (κ3) is 3.17. The fourth-order valence-electron chi connectivity index (χ4n) is 3.01. The van der Waals surface area contributed by atoms with Crippen LogP contribution in [-0.2, 0) is 17.8 Å². The summed E-state index contributed by atoms with van der Waals surface area (Å²) in [5.41, 5.74) is -0.240. The van der Waals surface area contributed by atoms with Gasteiger partial charge in [0.05, 0.1) is 6.54 Å². The number of carbonyl (C=O) groups is 1. The highest BCUT2D eigenvalue weighted by molar-refractivity contribution is 5.74. The molecule has 1 aliphatic heterocycles. The molecular weight excluding hydrogens is 258 g/mol. The van der Waals surface area contributed by atoms with E-state index in [0.29, 0.717) is 18.3 Å². The van der Waals surface area contributed by atoms with Crippen LogP contribution in [-0.4, -0.2) is 38.7 Å². The van der Waals surface area contributed by atoms with E-state index in [2.05, 4.69) is 17.1 Å². The van der Waals surface area contributed by atoms with Crippen LogP contribution in [0.1, 0.15) is 51.7 Å². The van der Waals surface area contributed by atoms with E-state index in [4.69, 9.17) is 4.52 Å². The monoisotopic (exact) mass is 281 g/mol. The number of rotatable bonds is 5. The van der Waals surface area contributed by atoms with Crippen LogP contribution in [0.25, 0.3) is 0 Å². The lowest BCUT2D eigenvalue weighted by Crippen LogP contribution is -2.53. The van der Waals surface area contributed by atoms with Crippen LogP contribution >= 0.6 is 0 Å². The zero-order valence-electron chi connectivity index (χ0n) is 12.4. The van der Waals surface area contributed by atoms with Gasteiger partial charge >= 0.3 is 5.97 Å². The maximum absolute atomic E-state index is 11.6. The minimum Gasteiger partial charge on any atom is -0.480 e. The highest BCUT2D eigenvalue weighted by atomic mass is 16.5. The first-order valence-corrected chi connectivity index (χ1v) is 7.22. The van der Waals surface area contributed by atoms with Gasteiger partial charge in [0, 0.05) is 6.42 Å². The standard InChI is InChI=1S/C14H23N3O3/c1-4-6-10-15-11(20-16-10)9-17-8-5-7-14(2,3)12(17)13(18)19/h12H,4-9H2,1-3H3,(H,18,19). The molecule has 0 radical (unpaired) electrons. The van der Waals surface area contributed by atoms with Gasteiger partial charge < -0.3 is 9.63 Å². The molecule has 6 heteroatoms. The molecule has 0 aromatic carbocycles. The molecule has 1 unspecified atom stereocenters. The molecule has 1 fully saturated rings. The summed E-state index contributed by atoms with van der Waals surface area (Å²) >= 11 is 0. The maximum Gasteiger partial charge on any atom is 0.321 e. The second-order valence-corrected chi connectivity index (χ2v) is 6.16. The minimum atomic E-state index is -0.775. The van der Waals surface area contributed by atoms with Gasteiger partial charge in [-0.25, -0.2) is 0 Å². The topological polar surface area (TPSA) is 79.5 Å². The highest BCUT2D eigenvalue weighted by Gasteiger charge is 2.42. The molecule has 2 heterocycles. The lowest BCUT2D eigenvalue weighted by atomic mass is 9.76. The van der Waals surface area contributed by atoms with Crippen molar-refractivity contribution in [1.29, 1.82) is 0 Å². The minimum absolute atomic E-state index is 0.240. The van der Waals surface area contributed by atoms with Crippen molar-refractivity contribution in [2.75, 3.05) is 6.54 Å². The Morgan fingerprint density at radius 1 is 1.55 bits per heavy atom. The van der Waals surface area contributed by atoms with Crippen molar-refractivity contribution < 1.29 is 14.4 Å². The van der Waals surface area contributed by atoms with Gasteiger partial charge in [0.15, 0.2) is 5.82 Å². The summed E-state index contributed by atoms with van der Waals surface area (Å²) in [6.45, 7) is 7.25. The smallest absolute Gasteiger partial charge is 0.321 e. The molecule has 6 nitrogen and oxygen atoms in total. The van der Waals surface area contributed by atoms with Crippen LogP contribution in [0.5, 0.6) is 0 Å². The van der Waals surface area contributed by atoms with Crippen molar-refractivity contribution in [3.63, 3.8) is 0 Å². The van der Waals surface area contributed by atoms with Crippen LogP contribution in [0.3, 0.4) is 0 Å². The van der Waals surface area contributed by atoms with Crippen molar-refractivity contribution in [3.8, 4) is 0 Å². The van der Waals surface area contributed by atoms with Crippen LogP contribution in [0, 0.1) is 5.41 Å². The summed E-state index contributed by atoms with van der Waals surface area (Å²) in [6, 6.07) is -0.502. The Bertz CT molecular complexity index is 470. The number of hydrogen-bond acceptors (Lipinski definition) is 5. The number of hydrogen-bond donors (Lipinski definition) is 1. The molecule has 1 N–H and O–H groups in total. The fraction of sp³-hybridized carbons (Fsp3) is 0.786. The average Bonchev–Trinajstić information content (AvgIpc) is 2.75. The molecule has 0 spiro atoms. The average molecular weight is 281 g/mol. The summed E-state index contributed by atoms with van der Waals surface area (Å²) in [5.74, 6) is 0.436. The lowest BCUT2D eigenvalue weighted by molar-refractivity contribution is -0.151. The van der Waals surface area contributed by atoms with Crippen molar-refractivity contribution in [2.45, 2.75) is 59.0 Å². The van der Waals surface area contributed by atoms with Crippen LogP contribution in [0.4, 0.5) is 0 Å². The Morgan fingerprint density at radius 2 is 2.30 bits per heavy atom. The summed E-state index contributed by atoms with van der Waals surface area (Å²) in [6.07, 6.45) is 3.67. The molecule has 1 aromatic rings. The first kappa shape index (κ1) is 15.0. The van der Waals surface area contributed by atoms with E-state index in [1.807, 2.05) is 18.7 Å². The number of piperidine rings is 1. The third-order valence-corrected chi connectivity index (χ3v) is 3.93. The van der Waals surface area contributed by atoms with E-state index in [9.17, 15) is 9.90 Å². The summed E-state index contributed by atoms with van der Waals surface area (Å²) in [4.78, 5) is 17.8. The first-order chi connectivity index (χ1) is 9.44. The SMILES string of the molecule is CCCc1noc(CN2CCCC(C)(C)C2C(=O)O)n1. The molecule has 20 heavy (non-hydrogen) atoms. The number of aliphatic carboxylic acids is 1. The lowest BCUT2D eigenvalue weighted by Gasteiger charge is -2.43. The zero-order chi connectivity index (χ0) is 14.8. The van der Waals surface area contributed by atoms with Crippen molar-refractivity contribution in [1.82, 2.24) is 15.0 Å². The van der Waals surface area contributed by atoms with Gasteiger partial charge in [0.25, 0.3) is 0 Å². The zero-order valence-corrected chi connectivity index (χ0v) is 12.4. The Labute approximate surface area is 119 Å². The van der Waals surface area contributed by atoms with Gasteiger partial charge in [-0.3, -0.25) is 9.69 Å². The number of nitrogens with zero attached hydrogens (tertiary/aromatic N) is 3. The van der Waals surface area contributed by atoms with Gasteiger partial charge in [0.2, 0.25) is 5.89 Å². The Kier molecular flexibility index (Phi) is 4.42. The van der Waals surface area contributed by atoms with E-state index in [-0.39, 0.29) is 5.41 Å². The van der Waals surface area contributed by atoms with E-state index < -0.39 is 12.0 Å². The highest BCUT2D eigenvalue weighted by Crippen LogP contribution is 2.35. The molecule has 1 saturated heterocycles. The van der Waals surface area contributed by atoms with Gasteiger partial charge in [-0.15, -0.1) is 0 Å². The molecule has 112 valence electrons. The molecule has 1 aromatic heterocycles. The Hall–Kier alpha value is -1.43. The van der Waals surface area contributed by atoms with Crippen LogP contribution < -0.4 is 0 Å². The summed E-state index contributed by atoms with van der Waals surface area (Å²) in [7, 11) is 0. The second kappa shape index (κ2) is 5.91. The predicted molar refractivity (Wildman–Crippen MR) is 73.1 cm³/mol. The normalized spacial score (nSPS) is 22.9. The molecule has 2 rings (SSSR count). The van der Waals surface area contributed by atoms with E-state index in [1.54, 1.807) is 0 Å². The molecule has 0 amide bonds. The largest absolute Gasteiger partial charge is 0.480 e. The molecule has 1 aliphatic rings. The molecule has 1 atom stereocenters. The van der Waals surface area contributed by atoms with Crippen LogP contribution in [0.15, 0.2) is 4.52 Å². The Morgan fingerprint density at radius 3 is 2.95 bits per heavy atom. The van der Waals surface area contributed by atoms with Crippen molar-refractivity contribution in [2.24, 2.45) is 5.41 Å². The maximum atomic E-state index is 11.6. The van der Waals surface area contributed by atoms with Crippen molar-refractivity contribution >= 4 is 5.97 Å². The summed E-state index contributed by atoms with van der Waals surface area (Å²) in [5, 5.41) is 13.4. The van der Waals surface area contributed by atoms with Crippen molar-refractivity contribution in [3.05, 3.63) is 11.7 Å². The molecule has 0 aliphatic carbocycles. The summed E-state index contributed by atoms with van der Waals surface area (Å²) < 4.78 is 5.22. The van der Waals surface area contributed by atoms with E-state index in [0.717, 1.165) is 32.2 Å². The third-order valence-electron chi connectivity index (χ3n) is 3.93. The number of carboxylic acid groups (broad SMARTS) is 1. The van der Waals surface area contributed by atoms with Gasteiger partial charge in [-0.05, 0) is 31.2 Å². The Balaban J connectivity index is 2.11. The second-order valence-electron chi connectivity index (χ2n) is 6.16. The van der Waals surface area contributed by atoms with E-state index in [1.165, 1.54) is 0 Å². The predicted octanol–water partition coefficient (Wildman–Crippen LogP) is 2.10. The van der Waals surface area contributed by atoms with Gasteiger partial charge in [-0.2, -0.15) is 4.98 Å². The fourth-order valence-corrected chi connectivity index (χ4v) is 3.01. The first-order valence-electron chi connectivity index (χ1n) is 7.22. The molecule has 0 bridgehead atoms. The number of carboxylic acids is 1. The van der Waals surface area contributed by atoms with Gasteiger partial charge in [-0.1, -0.05) is 25.9 Å². The number of likely N-dealkylation sites (tertiary alicyclic amines) is 1. The van der Waals surface area contributed by atoms with Crippen LogP contribution in [0.2, 0.25) is 0 Å². The number of aryl methyl sites for hydroxylation is 1. The van der Waals surface area contributed by atoms with Gasteiger partial charge in [0.1, 0.15) is 6.04 Å².